The summed E-state index contributed by atoms with van der Waals surface area (Å²) in [6.07, 6.45) is 3.98. The van der Waals surface area contributed by atoms with Crippen LogP contribution in [0.3, 0.4) is 0 Å². The first-order chi connectivity index (χ1) is 8.15. The van der Waals surface area contributed by atoms with Crippen LogP contribution in [-0.2, 0) is 4.74 Å². The van der Waals surface area contributed by atoms with Gasteiger partial charge < -0.3 is 10.5 Å². The van der Waals surface area contributed by atoms with E-state index in [0.717, 1.165) is 25.6 Å². The minimum absolute atomic E-state index is 0.505. The molecule has 3 heteroatoms. The molecular weight excluding hydrogens is 212 g/mol. The van der Waals surface area contributed by atoms with Crippen molar-refractivity contribution in [3.63, 3.8) is 0 Å². The topological polar surface area (TPSA) is 38.5 Å². The molecule has 0 aromatic rings. The molecule has 0 radical (unpaired) electrons. The second kappa shape index (κ2) is 7.34. The maximum absolute atomic E-state index is 6.00. The highest BCUT2D eigenvalue weighted by Crippen LogP contribution is 2.36. The van der Waals surface area contributed by atoms with Crippen molar-refractivity contribution >= 4 is 0 Å². The lowest BCUT2D eigenvalue weighted by Crippen LogP contribution is -2.51. The molecule has 0 aromatic carbocycles. The van der Waals surface area contributed by atoms with Crippen LogP contribution < -0.4 is 5.73 Å². The minimum Gasteiger partial charge on any atom is -0.383 e. The molecule has 0 bridgehead atoms. The van der Waals surface area contributed by atoms with E-state index in [-0.39, 0.29) is 0 Å². The van der Waals surface area contributed by atoms with Gasteiger partial charge >= 0.3 is 0 Å². The fraction of sp³-hybridized carbons (Fsp3) is 1.00. The van der Waals surface area contributed by atoms with Crippen LogP contribution in [0.1, 0.15) is 40.0 Å². The summed E-state index contributed by atoms with van der Waals surface area (Å²) in [6, 6.07) is 1.17. The van der Waals surface area contributed by atoms with Gasteiger partial charge in [-0.05, 0) is 31.6 Å². The molecule has 0 aliphatic heterocycles. The van der Waals surface area contributed by atoms with E-state index in [0.29, 0.717) is 18.0 Å². The highest BCUT2D eigenvalue weighted by Gasteiger charge is 2.35. The first-order valence-electron chi connectivity index (χ1n) is 7.10. The Labute approximate surface area is 107 Å². The van der Waals surface area contributed by atoms with Gasteiger partial charge in [-0.15, -0.1) is 0 Å². The molecule has 1 saturated carbocycles. The molecule has 102 valence electrons. The second-order valence-corrected chi connectivity index (χ2v) is 5.50. The second-order valence-electron chi connectivity index (χ2n) is 5.50. The van der Waals surface area contributed by atoms with Crippen LogP contribution in [-0.4, -0.2) is 43.8 Å². The normalized spacial score (nSPS) is 21.5. The Morgan fingerprint density at radius 3 is 2.41 bits per heavy atom. The molecule has 17 heavy (non-hydrogen) atoms. The monoisotopic (exact) mass is 242 g/mol. The smallest absolute Gasteiger partial charge is 0.0589 e. The summed E-state index contributed by atoms with van der Waals surface area (Å²) >= 11 is 0. The van der Waals surface area contributed by atoms with Crippen LogP contribution in [0.15, 0.2) is 0 Å². The zero-order valence-electron chi connectivity index (χ0n) is 12.0. The van der Waals surface area contributed by atoms with Gasteiger partial charge in [-0.2, -0.15) is 0 Å². The maximum atomic E-state index is 6.00. The summed E-state index contributed by atoms with van der Waals surface area (Å²) in [5.41, 5.74) is 6.00. The Morgan fingerprint density at radius 1 is 1.35 bits per heavy atom. The van der Waals surface area contributed by atoms with Crippen molar-refractivity contribution in [3.8, 4) is 0 Å². The molecule has 2 N–H and O–H groups in total. The summed E-state index contributed by atoms with van der Waals surface area (Å²) in [4.78, 5) is 2.59. The quantitative estimate of drug-likeness (QED) is 0.673. The van der Waals surface area contributed by atoms with E-state index < -0.39 is 0 Å². The number of ether oxygens (including phenoxy) is 1. The average molecular weight is 242 g/mol. The Morgan fingerprint density at radius 2 is 2.00 bits per heavy atom. The van der Waals surface area contributed by atoms with Crippen LogP contribution in [0.5, 0.6) is 0 Å². The van der Waals surface area contributed by atoms with Crippen molar-refractivity contribution in [3.05, 3.63) is 0 Å². The highest BCUT2D eigenvalue weighted by molar-refractivity contribution is 4.90. The van der Waals surface area contributed by atoms with E-state index in [4.69, 9.17) is 10.5 Å². The lowest BCUT2D eigenvalue weighted by molar-refractivity contribution is 0.0609. The number of nitrogens with zero attached hydrogens (tertiary/aromatic N) is 1. The fourth-order valence-corrected chi connectivity index (χ4v) is 2.68. The predicted molar refractivity (Wildman–Crippen MR) is 73.1 cm³/mol. The van der Waals surface area contributed by atoms with Crippen LogP contribution in [0.2, 0.25) is 0 Å². The van der Waals surface area contributed by atoms with Gasteiger partial charge in [-0.1, -0.05) is 20.3 Å². The third kappa shape index (κ3) is 4.23. The van der Waals surface area contributed by atoms with Crippen molar-refractivity contribution in [2.24, 2.45) is 17.6 Å². The summed E-state index contributed by atoms with van der Waals surface area (Å²) in [6.45, 7) is 9.51. The molecule has 3 nitrogen and oxygen atoms in total. The van der Waals surface area contributed by atoms with Gasteiger partial charge in [0.25, 0.3) is 0 Å². The lowest BCUT2D eigenvalue weighted by Gasteiger charge is -2.39. The number of hydrogen-bond donors (Lipinski definition) is 1. The Balaban J connectivity index is 2.63. The van der Waals surface area contributed by atoms with Crippen LogP contribution in [0.4, 0.5) is 0 Å². The number of rotatable bonds is 9. The zero-order valence-corrected chi connectivity index (χ0v) is 12.0. The van der Waals surface area contributed by atoms with E-state index in [1.165, 1.54) is 19.3 Å². The summed E-state index contributed by atoms with van der Waals surface area (Å²) in [7, 11) is 1.78. The van der Waals surface area contributed by atoms with Gasteiger partial charge in [-0.25, -0.2) is 0 Å². The molecule has 1 aliphatic carbocycles. The van der Waals surface area contributed by atoms with Gasteiger partial charge in [0.1, 0.15) is 0 Å². The number of methoxy groups -OCH3 is 1. The molecule has 0 spiro atoms. The summed E-state index contributed by atoms with van der Waals surface area (Å²) in [5.74, 6) is 1.56. The summed E-state index contributed by atoms with van der Waals surface area (Å²) in [5, 5.41) is 0. The van der Waals surface area contributed by atoms with Crippen molar-refractivity contribution in [2.75, 3.05) is 26.8 Å². The molecule has 3 unspecified atom stereocenters. The van der Waals surface area contributed by atoms with Crippen LogP contribution in [0, 0.1) is 11.8 Å². The first-order valence-corrected chi connectivity index (χ1v) is 7.10. The van der Waals surface area contributed by atoms with Crippen molar-refractivity contribution in [1.29, 1.82) is 0 Å². The lowest BCUT2D eigenvalue weighted by atomic mass is 9.95. The van der Waals surface area contributed by atoms with Crippen molar-refractivity contribution < 1.29 is 4.74 Å². The van der Waals surface area contributed by atoms with Gasteiger partial charge in [0.15, 0.2) is 0 Å². The molecule has 0 amide bonds. The first kappa shape index (κ1) is 14.9. The number of nitrogens with two attached hydrogens (primary N) is 1. The largest absolute Gasteiger partial charge is 0.383 e. The average Bonchev–Trinajstić information content (AvgIpc) is 3.17. The molecule has 1 aliphatic rings. The Kier molecular flexibility index (Phi) is 6.45. The minimum atomic E-state index is 0.505. The Hall–Kier alpha value is -0.120. The zero-order chi connectivity index (χ0) is 12.8. The third-order valence-electron chi connectivity index (χ3n) is 4.35. The van der Waals surface area contributed by atoms with Crippen LogP contribution >= 0.6 is 0 Å². The van der Waals surface area contributed by atoms with E-state index in [9.17, 15) is 0 Å². The summed E-state index contributed by atoms with van der Waals surface area (Å²) < 4.78 is 5.25. The van der Waals surface area contributed by atoms with Gasteiger partial charge in [0, 0.05) is 32.3 Å². The van der Waals surface area contributed by atoms with E-state index in [1.54, 1.807) is 7.11 Å². The Bertz CT molecular complexity index is 206. The molecule has 3 atom stereocenters. The molecule has 1 rings (SSSR count). The van der Waals surface area contributed by atoms with E-state index in [2.05, 4.69) is 25.7 Å². The molecule has 1 fully saturated rings. The number of hydrogen-bond acceptors (Lipinski definition) is 3. The highest BCUT2D eigenvalue weighted by atomic mass is 16.5. The van der Waals surface area contributed by atoms with E-state index >= 15 is 0 Å². The van der Waals surface area contributed by atoms with Gasteiger partial charge in [0.2, 0.25) is 0 Å². The maximum Gasteiger partial charge on any atom is 0.0589 e. The van der Waals surface area contributed by atoms with Gasteiger partial charge in [0.05, 0.1) is 6.61 Å². The van der Waals surface area contributed by atoms with E-state index in [1.807, 2.05) is 0 Å². The molecule has 0 aromatic heterocycles. The molecule has 0 heterocycles. The fourth-order valence-electron chi connectivity index (χ4n) is 2.68. The van der Waals surface area contributed by atoms with Crippen molar-refractivity contribution in [1.82, 2.24) is 4.90 Å². The molecule has 0 saturated heterocycles. The van der Waals surface area contributed by atoms with Crippen LogP contribution in [0.25, 0.3) is 0 Å². The standard InChI is InChI=1S/C14H30N2O/c1-5-11(2)14(10-15)16(8-9-17-4)12(3)13-6-7-13/h11-14H,5-10,15H2,1-4H3. The van der Waals surface area contributed by atoms with Crippen molar-refractivity contribution in [2.45, 2.75) is 52.1 Å². The molecular formula is C14H30N2O. The predicted octanol–water partition coefficient (Wildman–Crippen LogP) is 2.11. The van der Waals surface area contributed by atoms with Gasteiger partial charge in [-0.3, -0.25) is 4.90 Å². The SMILES string of the molecule is CCC(C)C(CN)N(CCOC)C(C)C1CC1. The third-order valence-corrected chi connectivity index (χ3v) is 4.35.